The van der Waals surface area contributed by atoms with E-state index in [9.17, 15) is 9.90 Å². The minimum absolute atomic E-state index is 0.0103. The Bertz CT molecular complexity index is 672. The summed E-state index contributed by atoms with van der Waals surface area (Å²) in [4.78, 5) is 28.0. The first-order chi connectivity index (χ1) is 11.8. The van der Waals surface area contributed by atoms with Crippen molar-refractivity contribution in [2.75, 3.05) is 45.7 Å². The Balaban J connectivity index is 1.87. The Morgan fingerprint density at radius 2 is 1.96 bits per heavy atom. The van der Waals surface area contributed by atoms with Gasteiger partial charge in [-0.3, -0.25) is 4.79 Å². The number of aryl methyl sites for hydroxylation is 1. The summed E-state index contributed by atoms with van der Waals surface area (Å²) < 4.78 is 0. The third-order valence-corrected chi connectivity index (χ3v) is 5.89. The lowest BCUT2D eigenvalue weighted by Gasteiger charge is -2.27. The molecule has 1 N–H and O–H groups in total. The molecule has 1 aromatic heterocycles. The van der Waals surface area contributed by atoms with Gasteiger partial charge in [-0.1, -0.05) is 0 Å². The first-order valence-corrected chi connectivity index (χ1v) is 8.95. The highest BCUT2D eigenvalue weighted by Crippen LogP contribution is 2.40. The molecule has 1 aliphatic heterocycles. The quantitative estimate of drug-likeness (QED) is 0.851. The number of aliphatic hydroxyl groups is 1. The molecule has 25 heavy (non-hydrogen) atoms. The zero-order valence-electron chi connectivity index (χ0n) is 15.9. The maximum atomic E-state index is 12.9. The Kier molecular flexibility index (Phi) is 4.72. The zero-order chi connectivity index (χ0) is 18.4. The molecule has 0 spiro atoms. The van der Waals surface area contributed by atoms with Crippen molar-refractivity contribution in [2.45, 2.75) is 44.7 Å². The SMILES string of the molecule is Cc1nc(C(=O)N(C)C2(CO)CC2)nc(N2CC[C@@H](N(C)C)C2)c1C. The molecule has 3 rings (SSSR count). The van der Waals surface area contributed by atoms with Crippen LogP contribution in [0.2, 0.25) is 0 Å². The van der Waals surface area contributed by atoms with E-state index in [0.717, 1.165) is 49.4 Å². The fourth-order valence-electron chi connectivity index (χ4n) is 3.48. The van der Waals surface area contributed by atoms with Crippen LogP contribution in [0, 0.1) is 13.8 Å². The third-order valence-electron chi connectivity index (χ3n) is 5.89. The van der Waals surface area contributed by atoms with Crippen molar-refractivity contribution in [1.82, 2.24) is 19.8 Å². The number of aromatic nitrogens is 2. The van der Waals surface area contributed by atoms with Crippen LogP contribution in [0.15, 0.2) is 0 Å². The maximum absolute atomic E-state index is 12.9. The lowest BCUT2D eigenvalue weighted by atomic mass is 10.2. The van der Waals surface area contributed by atoms with Crippen molar-refractivity contribution in [1.29, 1.82) is 0 Å². The van der Waals surface area contributed by atoms with Gasteiger partial charge in [0, 0.05) is 37.4 Å². The molecule has 138 valence electrons. The minimum Gasteiger partial charge on any atom is -0.394 e. The highest BCUT2D eigenvalue weighted by Gasteiger charge is 2.48. The van der Waals surface area contributed by atoms with Crippen LogP contribution in [-0.2, 0) is 0 Å². The number of rotatable bonds is 5. The van der Waals surface area contributed by atoms with E-state index < -0.39 is 5.54 Å². The van der Waals surface area contributed by atoms with Gasteiger partial charge in [0.15, 0.2) is 0 Å². The predicted octanol–water partition coefficient (Wildman–Crippen LogP) is 0.831. The summed E-state index contributed by atoms with van der Waals surface area (Å²) in [6.45, 7) is 5.78. The van der Waals surface area contributed by atoms with Crippen LogP contribution in [-0.4, -0.2) is 83.2 Å². The molecule has 2 heterocycles. The molecule has 1 aliphatic carbocycles. The van der Waals surface area contributed by atoms with E-state index >= 15 is 0 Å². The van der Waals surface area contributed by atoms with Crippen LogP contribution in [0.3, 0.4) is 0 Å². The average molecular weight is 347 g/mol. The summed E-state index contributed by atoms with van der Waals surface area (Å²) in [5, 5.41) is 9.58. The van der Waals surface area contributed by atoms with E-state index in [2.05, 4.69) is 33.9 Å². The number of aliphatic hydroxyl groups excluding tert-OH is 1. The third kappa shape index (κ3) is 3.22. The average Bonchev–Trinajstić information content (AvgIpc) is 3.24. The lowest BCUT2D eigenvalue weighted by molar-refractivity contribution is 0.0607. The molecule has 1 aromatic rings. The molecule has 1 atom stereocenters. The zero-order valence-corrected chi connectivity index (χ0v) is 15.9. The topological polar surface area (TPSA) is 72.8 Å². The van der Waals surface area contributed by atoms with Crippen LogP contribution in [0.5, 0.6) is 0 Å². The van der Waals surface area contributed by atoms with E-state index in [1.54, 1.807) is 11.9 Å². The molecule has 7 heteroatoms. The molecule has 0 unspecified atom stereocenters. The number of nitrogens with zero attached hydrogens (tertiary/aromatic N) is 5. The van der Waals surface area contributed by atoms with Crippen LogP contribution in [0.25, 0.3) is 0 Å². The summed E-state index contributed by atoms with van der Waals surface area (Å²) in [5.41, 5.74) is 1.45. The van der Waals surface area contributed by atoms with Crippen molar-refractivity contribution in [3.8, 4) is 0 Å². The first-order valence-electron chi connectivity index (χ1n) is 8.95. The second-order valence-corrected chi connectivity index (χ2v) is 7.68. The second kappa shape index (κ2) is 6.53. The maximum Gasteiger partial charge on any atom is 0.292 e. The van der Waals surface area contributed by atoms with Crippen LogP contribution < -0.4 is 4.90 Å². The van der Waals surface area contributed by atoms with Crippen LogP contribution >= 0.6 is 0 Å². The number of carbonyl (C=O) groups is 1. The smallest absolute Gasteiger partial charge is 0.292 e. The Morgan fingerprint density at radius 1 is 1.28 bits per heavy atom. The van der Waals surface area contributed by atoms with Crippen LogP contribution in [0.4, 0.5) is 5.82 Å². The molecule has 7 nitrogen and oxygen atoms in total. The standard InChI is InChI=1S/C18H29N5O2/c1-12-13(2)19-15(17(25)22(5)18(11-24)7-8-18)20-16(12)23-9-6-14(10-23)21(3)4/h14,24H,6-11H2,1-5H3/t14-/m1/s1. The summed E-state index contributed by atoms with van der Waals surface area (Å²) in [6.07, 6.45) is 2.76. The molecule has 2 fully saturated rings. The molecule has 1 amide bonds. The number of anilines is 1. The number of hydrogen-bond donors (Lipinski definition) is 1. The van der Waals surface area contributed by atoms with Gasteiger partial charge in [0.1, 0.15) is 5.82 Å². The monoisotopic (exact) mass is 347 g/mol. The van der Waals surface area contributed by atoms with Crippen molar-refractivity contribution in [2.24, 2.45) is 0 Å². The largest absolute Gasteiger partial charge is 0.394 e. The van der Waals surface area contributed by atoms with Gasteiger partial charge in [-0.05, 0) is 47.2 Å². The molecule has 0 radical (unpaired) electrons. The van der Waals surface area contributed by atoms with Crippen LogP contribution in [0.1, 0.15) is 41.1 Å². The van der Waals surface area contributed by atoms with E-state index in [4.69, 9.17) is 0 Å². The fraction of sp³-hybridized carbons (Fsp3) is 0.722. The summed E-state index contributed by atoms with van der Waals surface area (Å²) >= 11 is 0. The molecule has 1 saturated heterocycles. The van der Waals surface area contributed by atoms with Gasteiger partial charge in [-0.2, -0.15) is 0 Å². The van der Waals surface area contributed by atoms with Gasteiger partial charge in [-0.25, -0.2) is 9.97 Å². The first kappa shape index (κ1) is 18.1. The number of amides is 1. The van der Waals surface area contributed by atoms with Gasteiger partial charge in [-0.15, -0.1) is 0 Å². The Hall–Kier alpha value is -1.73. The lowest BCUT2D eigenvalue weighted by Crippen LogP contribution is -2.42. The summed E-state index contributed by atoms with van der Waals surface area (Å²) in [6, 6.07) is 0.501. The highest BCUT2D eigenvalue weighted by atomic mass is 16.3. The molecular formula is C18H29N5O2. The predicted molar refractivity (Wildman–Crippen MR) is 97.0 cm³/mol. The number of likely N-dealkylation sites (N-methyl/N-ethyl adjacent to an activating group) is 2. The minimum atomic E-state index is -0.414. The van der Waals surface area contributed by atoms with Crippen molar-refractivity contribution < 1.29 is 9.90 Å². The highest BCUT2D eigenvalue weighted by molar-refractivity contribution is 5.91. The molecular weight excluding hydrogens is 318 g/mol. The van der Waals surface area contributed by atoms with E-state index in [-0.39, 0.29) is 18.3 Å². The van der Waals surface area contributed by atoms with Crippen molar-refractivity contribution in [3.05, 3.63) is 17.1 Å². The second-order valence-electron chi connectivity index (χ2n) is 7.68. The van der Waals surface area contributed by atoms with E-state index in [0.29, 0.717) is 6.04 Å². The fourth-order valence-corrected chi connectivity index (χ4v) is 3.48. The van der Waals surface area contributed by atoms with Gasteiger partial charge >= 0.3 is 0 Å². The summed E-state index contributed by atoms with van der Waals surface area (Å²) in [7, 11) is 5.93. The Morgan fingerprint density at radius 3 is 2.48 bits per heavy atom. The van der Waals surface area contributed by atoms with E-state index in [1.807, 2.05) is 13.8 Å². The van der Waals surface area contributed by atoms with Crippen molar-refractivity contribution in [3.63, 3.8) is 0 Å². The molecule has 0 bridgehead atoms. The molecule has 1 saturated carbocycles. The molecule has 2 aliphatic rings. The Labute approximate surface area is 149 Å². The van der Waals surface area contributed by atoms with Gasteiger partial charge in [0.05, 0.1) is 12.1 Å². The van der Waals surface area contributed by atoms with Gasteiger partial charge in [0.25, 0.3) is 5.91 Å². The number of hydrogen-bond acceptors (Lipinski definition) is 6. The summed E-state index contributed by atoms with van der Waals surface area (Å²) in [5.74, 6) is 0.885. The van der Waals surface area contributed by atoms with Crippen molar-refractivity contribution >= 4 is 11.7 Å². The normalized spacial score (nSPS) is 21.7. The van der Waals surface area contributed by atoms with E-state index in [1.165, 1.54) is 0 Å². The molecule has 0 aromatic carbocycles. The van der Waals surface area contributed by atoms with Gasteiger partial charge < -0.3 is 19.8 Å². The van der Waals surface area contributed by atoms with Gasteiger partial charge in [0.2, 0.25) is 5.82 Å². The number of carbonyl (C=O) groups excluding carboxylic acids is 1.